The van der Waals surface area contributed by atoms with E-state index in [9.17, 15) is 22.0 Å². The van der Waals surface area contributed by atoms with Crippen LogP contribution in [0, 0.1) is 6.92 Å². The van der Waals surface area contributed by atoms with E-state index in [-0.39, 0.29) is 18.6 Å². The highest BCUT2D eigenvalue weighted by Gasteiger charge is 2.33. The highest BCUT2D eigenvalue weighted by molar-refractivity contribution is 5.36. The van der Waals surface area contributed by atoms with Gasteiger partial charge in [-0.15, -0.1) is 0 Å². The number of piperidine rings is 1. The van der Waals surface area contributed by atoms with Crippen molar-refractivity contribution in [2.75, 3.05) is 18.1 Å². The summed E-state index contributed by atoms with van der Waals surface area (Å²) in [5.74, 6) is 0.333. The molecular weight excluding hydrogens is 381 g/mol. The van der Waals surface area contributed by atoms with Crippen LogP contribution < -0.4 is 4.90 Å². The molecule has 1 aliphatic heterocycles. The van der Waals surface area contributed by atoms with Crippen LogP contribution in [0.3, 0.4) is 0 Å². The van der Waals surface area contributed by atoms with Crippen LogP contribution in [0.2, 0.25) is 0 Å². The third-order valence-electron chi connectivity index (χ3n) is 4.85. The van der Waals surface area contributed by atoms with Crippen molar-refractivity contribution in [2.24, 2.45) is 0 Å². The van der Waals surface area contributed by atoms with E-state index in [1.165, 1.54) is 12.1 Å². The summed E-state index contributed by atoms with van der Waals surface area (Å²) in [6.45, 7) is -0.795. The van der Waals surface area contributed by atoms with E-state index in [1.54, 1.807) is 17.3 Å². The Balaban J connectivity index is 1.80. The molecule has 9 heteroatoms. The molecule has 0 N–H and O–H groups in total. The van der Waals surface area contributed by atoms with E-state index < -0.39 is 18.4 Å². The third kappa shape index (κ3) is 4.95. The molecule has 4 nitrogen and oxygen atoms in total. The Labute approximate surface area is 159 Å². The van der Waals surface area contributed by atoms with Crippen LogP contribution in [0.5, 0.6) is 0 Å². The van der Waals surface area contributed by atoms with Gasteiger partial charge >= 0.3 is 12.8 Å². The van der Waals surface area contributed by atoms with Gasteiger partial charge in [-0.25, -0.2) is 9.97 Å². The third-order valence-corrected chi connectivity index (χ3v) is 4.85. The Morgan fingerprint density at radius 1 is 1.11 bits per heavy atom. The molecule has 1 saturated heterocycles. The highest BCUT2D eigenvalue weighted by Crippen LogP contribution is 2.35. The molecule has 1 fully saturated rings. The van der Waals surface area contributed by atoms with Crippen LogP contribution in [0.1, 0.15) is 35.4 Å². The normalized spacial score (nSPS) is 20.6. The average molecular weight is 401 g/mol. The summed E-state index contributed by atoms with van der Waals surface area (Å²) in [4.78, 5) is 10.4. The summed E-state index contributed by atoms with van der Waals surface area (Å²) in [5, 5.41) is 0. The van der Waals surface area contributed by atoms with Crippen LogP contribution in [0.4, 0.5) is 27.9 Å². The van der Waals surface area contributed by atoms with Crippen LogP contribution in [0.15, 0.2) is 36.7 Å². The molecule has 1 aliphatic rings. The minimum atomic E-state index is -4.38. The van der Waals surface area contributed by atoms with Crippen molar-refractivity contribution >= 4 is 5.95 Å². The monoisotopic (exact) mass is 401 g/mol. The minimum Gasteiger partial charge on any atom is -0.335 e. The summed E-state index contributed by atoms with van der Waals surface area (Å²) in [6.07, 6.45) is 0.0649. The Morgan fingerprint density at radius 3 is 2.32 bits per heavy atom. The molecular formula is C19H20F5N3O. The van der Waals surface area contributed by atoms with E-state index in [0.717, 1.165) is 23.3 Å². The second kappa shape index (κ2) is 8.38. The number of rotatable bonds is 5. The van der Waals surface area contributed by atoms with E-state index >= 15 is 0 Å². The lowest BCUT2D eigenvalue weighted by Gasteiger charge is -2.39. The SMILES string of the molecule is Cc1cnc(N2CC(c3ccc(C(F)(F)F)cc3)CC[C@H]2COC(F)F)nc1. The number of halogens is 5. The Kier molecular flexibility index (Phi) is 6.12. The van der Waals surface area contributed by atoms with E-state index in [2.05, 4.69) is 14.7 Å². The quantitative estimate of drug-likeness (QED) is 0.675. The summed E-state index contributed by atoms with van der Waals surface area (Å²) >= 11 is 0. The first-order valence-corrected chi connectivity index (χ1v) is 8.86. The summed E-state index contributed by atoms with van der Waals surface area (Å²) in [7, 11) is 0. The van der Waals surface area contributed by atoms with Crippen molar-refractivity contribution in [3.8, 4) is 0 Å². The predicted octanol–water partition coefficient (Wildman–Crippen LogP) is 4.80. The van der Waals surface area contributed by atoms with Crippen molar-refractivity contribution in [1.82, 2.24) is 9.97 Å². The molecule has 1 unspecified atom stereocenters. The average Bonchev–Trinajstić information content (AvgIpc) is 2.66. The fraction of sp³-hybridized carbons (Fsp3) is 0.474. The van der Waals surface area contributed by atoms with Gasteiger partial charge in [-0.2, -0.15) is 22.0 Å². The fourth-order valence-corrected chi connectivity index (χ4v) is 3.38. The lowest BCUT2D eigenvalue weighted by atomic mass is 9.87. The van der Waals surface area contributed by atoms with Crippen LogP contribution in [-0.2, 0) is 10.9 Å². The van der Waals surface area contributed by atoms with Gasteiger partial charge in [0.25, 0.3) is 0 Å². The van der Waals surface area contributed by atoms with Crippen LogP contribution in [0.25, 0.3) is 0 Å². The number of ether oxygens (including phenoxy) is 1. The van der Waals surface area contributed by atoms with Crippen LogP contribution in [-0.4, -0.2) is 35.8 Å². The molecule has 152 valence electrons. The van der Waals surface area contributed by atoms with E-state index in [4.69, 9.17) is 0 Å². The highest BCUT2D eigenvalue weighted by atomic mass is 19.4. The molecule has 28 heavy (non-hydrogen) atoms. The number of benzene rings is 1. The second-order valence-corrected chi connectivity index (χ2v) is 6.85. The number of nitrogens with zero attached hydrogens (tertiary/aromatic N) is 3. The van der Waals surface area contributed by atoms with Crippen molar-refractivity contribution in [3.63, 3.8) is 0 Å². The molecule has 0 spiro atoms. The number of hydrogen-bond acceptors (Lipinski definition) is 4. The molecule has 0 bridgehead atoms. The van der Waals surface area contributed by atoms with Crippen molar-refractivity contribution < 1.29 is 26.7 Å². The molecule has 0 aliphatic carbocycles. The number of alkyl halides is 5. The van der Waals surface area contributed by atoms with Crippen molar-refractivity contribution in [2.45, 2.75) is 44.5 Å². The number of anilines is 1. The first-order valence-electron chi connectivity index (χ1n) is 8.86. The van der Waals surface area contributed by atoms with E-state index in [0.29, 0.717) is 25.3 Å². The molecule has 2 heterocycles. The summed E-state index contributed by atoms with van der Waals surface area (Å²) in [5.41, 5.74) is 0.924. The summed E-state index contributed by atoms with van der Waals surface area (Å²) in [6, 6.07) is 4.74. The number of aromatic nitrogens is 2. The van der Waals surface area contributed by atoms with Crippen molar-refractivity contribution in [3.05, 3.63) is 53.3 Å². The molecule has 3 rings (SSSR count). The second-order valence-electron chi connectivity index (χ2n) is 6.85. The first-order chi connectivity index (χ1) is 13.2. The Hall–Kier alpha value is -2.29. The molecule has 0 radical (unpaired) electrons. The van der Waals surface area contributed by atoms with E-state index in [1.807, 2.05) is 6.92 Å². The number of hydrogen-bond donors (Lipinski definition) is 0. The largest absolute Gasteiger partial charge is 0.416 e. The Morgan fingerprint density at radius 2 is 1.75 bits per heavy atom. The first kappa shape index (κ1) is 20.4. The topological polar surface area (TPSA) is 38.2 Å². The maximum absolute atomic E-state index is 12.8. The molecule has 1 aromatic carbocycles. The van der Waals surface area contributed by atoms with Gasteiger partial charge < -0.3 is 9.64 Å². The Bertz CT molecular complexity index is 765. The lowest BCUT2D eigenvalue weighted by Crippen LogP contribution is -2.46. The maximum Gasteiger partial charge on any atom is 0.416 e. The smallest absolute Gasteiger partial charge is 0.335 e. The fourth-order valence-electron chi connectivity index (χ4n) is 3.38. The summed E-state index contributed by atoms with van der Waals surface area (Å²) < 4.78 is 67.8. The zero-order valence-electron chi connectivity index (χ0n) is 15.2. The van der Waals surface area contributed by atoms with Crippen LogP contribution >= 0.6 is 0 Å². The van der Waals surface area contributed by atoms with Gasteiger partial charge in [-0.1, -0.05) is 12.1 Å². The minimum absolute atomic E-state index is 0.0602. The van der Waals surface area contributed by atoms with Gasteiger partial charge in [0.05, 0.1) is 18.2 Å². The van der Waals surface area contributed by atoms with Gasteiger partial charge in [0.15, 0.2) is 0 Å². The molecule has 2 aromatic rings. The molecule has 1 aromatic heterocycles. The lowest BCUT2D eigenvalue weighted by molar-refractivity contribution is -0.137. The van der Waals surface area contributed by atoms with Gasteiger partial charge in [-0.05, 0) is 43.0 Å². The van der Waals surface area contributed by atoms with Crippen molar-refractivity contribution in [1.29, 1.82) is 0 Å². The van der Waals surface area contributed by atoms with Gasteiger partial charge in [0.1, 0.15) is 0 Å². The van der Waals surface area contributed by atoms with Gasteiger partial charge in [0, 0.05) is 24.9 Å². The van der Waals surface area contributed by atoms with Gasteiger partial charge in [-0.3, -0.25) is 0 Å². The molecule has 2 atom stereocenters. The van der Waals surface area contributed by atoms with Gasteiger partial charge in [0.2, 0.25) is 5.95 Å². The zero-order chi connectivity index (χ0) is 20.3. The molecule has 0 saturated carbocycles. The maximum atomic E-state index is 12.8. The predicted molar refractivity (Wildman–Crippen MR) is 93.3 cm³/mol. The number of aryl methyl sites for hydroxylation is 1. The molecule has 0 amide bonds. The standard InChI is InChI=1S/C19H20F5N3O/c1-12-8-25-18(26-9-12)27-10-14(4-7-16(27)11-28-17(20)21)13-2-5-15(6-3-13)19(22,23)24/h2-3,5-6,8-9,14,16-17H,4,7,10-11H2,1H3/t14?,16-/m0/s1. The zero-order valence-corrected chi connectivity index (χ0v) is 15.2.